The number of aliphatic hydroxyl groups excluding tert-OH is 1. The van der Waals surface area contributed by atoms with Gasteiger partial charge in [-0.3, -0.25) is 9.80 Å². The molecule has 4 rings (SSSR count). The molecule has 1 atom stereocenters. The number of anilines is 4. The third kappa shape index (κ3) is 7.04. The van der Waals surface area contributed by atoms with E-state index in [1.807, 2.05) is 85.7 Å². The number of para-hydroxylation sites is 2. The first-order chi connectivity index (χ1) is 18.3. The number of aliphatic hydroxyl groups is 1. The maximum absolute atomic E-state index is 14.3. The van der Waals surface area contributed by atoms with Gasteiger partial charge in [0.05, 0.1) is 36.4 Å². The molecule has 3 aromatic rings. The van der Waals surface area contributed by atoms with Gasteiger partial charge in [0.25, 0.3) is 0 Å². The maximum Gasteiger partial charge on any atom is 0.329 e. The lowest BCUT2D eigenvalue weighted by atomic mass is 10.1. The fraction of sp³-hybridized carbons (Fsp3) is 0.333. The quantitative estimate of drug-likeness (QED) is 0.421. The summed E-state index contributed by atoms with van der Waals surface area (Å²) in [5, 5.41) is 11.1. The highest BCUT2D eigenvalue weighted by Gasteiger charge is 2.28. The van der Waals surface area contributed by atoms with Crippen molar-refractivity contribution in [2.75, 3.05) is 69.0 Å². The minimum Gasteiger partial charge on any atom is -0.397 e. The van der Waals surface area contributed by atoms with Gasteiger partial charge < -0.3 is 25.4 Å². The van der Waals surface area contributed by atoms with Crippen LogP contribution in [0.5, 0.6) is 0 Å². The summed E-state index contributed by atoms with van der Waals surface area (Å²) < 4.78 is 5.43. The number of hydrogen-bond donors (Lipinski definition) is 2. The zero-order valence-corrected chi connectivity index (χ0v) is 22.2. The molecule has 3 N–H and O–H groups in total. The van der Waals surface area contributed by atoms with Crippen LogP contribution in [0.1, 0.15) is 11.1 Å². The number of benzene rings is 3. The lowest BCUT2D eigenvalue weighted by molar-refractivity contribution is 0.00929. The summed E-state index contributed by atoms with van der Waals surface area (Å²) >= 11 is 0. The second kappa shape index (κ2) is 12.8. The molecule has 1 unspecified atom stereocenters. The Balaban J connectivity index is 1.67. The molecule has 0 aromatic heterocycles. The fourth-order valence-corrected chi connectivity index (χ4v) is 4.53. The smallest absolute Gasteiger partial charge is 0.329 e. The molecule has 1 heterocycles. The molecule has 38 heavy (non-hydrogen) atoms. The monoisotopic (exact) mass is 515 g/mol. The van der Waals surface area contributed by atoms with Gasteiger partial charge in [-0.25, -0.2) is 4.79 Å². The number of ether oxygens (including phenoxy) is 1. The van der Waals surface area contributed by atoms with E-state index in [1.54, 1.807) is 15.9 Å². The number of β-amino-alcohol motifs (C(OH)–C–C–N with tert-alkyl or cyclic N) is 1. The number of amides is 2. The first-order valence-electron chi connectivity index (χ1n) is 12.9. The van der Waals surface area contributed by atoms with Gasteiger partial charge in [-0.15, -0.1) is 0 Å². The first-order valence-corrected chi connectivity index (χ1v) is 12.9. The molecule has 0 aliphatic carbocycles. The predicted octanol–water partition coefficient (Wildman–Crippen LogP) is 3.85. The first kappa shape index (κ1) is 27.4. The number of carbonyl (C=O) groups excluding carboxylic acids is 1. The van der Waals surface area contributed by atoms with Gasteiger partial charge in [0, 0.05) is 52.5 Å². The van der Waals surface area contributed by atoms with E-state index in [-0.39, 0.29) is 12.6 Å². The molecule has 0 spiro atoms. The Hall–Kier alpha value is -3.59. The van der Waals surface area contributed by atoms with Crippen LogP contribution in [0.25, 0.3) is 0 Å². The van der Waals surface area contributed by atoms with Crippen LogP contribution in [0.2, 0.25) is 0 Å². The molecule has 2 amide bonds. The number of rotatable bonds is 9. The van der Waals surface area contributed by atoms with Crippen LogP contribution in [0.15, 0.2) is 72.8 Å². The van der Waals surface area contributed by atoms with E-state index in [1.165, 1.54) is 0 Å². The van der Waals surface area contributed by atoms with Crippen molar-refractivity contribution in [2.24, 2.45) is 0 Å². The van der Waals surface area contributed by atoms with Gasteiger partial charge in [-0.05, 0) is 54.4 Å². The standard InChI is InChI=1S/C30H37N5O3/c1-23-8-10-24(11-9-23)20-34(22-27(36)21-33-16-18-38-19-17-33)30(37)35(29-7-5-4-6-28(29)31)26-14-12-25(13-15-26)32(2)3/h1,4-15,27,36H,16-22,31H2,2-3H3. The van der Waals surface area contributed by atoms with E-state index in [4.69, 9.17) is 17.4 Å². The highest BCUT2D eigenvalue weighted by molar-refractivity contribution is 6.02. The second-order valence-electron chi connectivity index (χ2n) is 9.78. The number of nitrogen functional groups attached to an aromatic ring is 1. The summed E-state index contributed by atoms with van der Waals surface area (Å²) in [6.07, 6.45) is -0.739. The van der Waals surface area contributed by atoms with Crippen molar-refractivity contribution in [2.45, 2.75) is 12.6 Å². The largest absolute Gasteiger partial charge is 0.397 e. The van der Waals surface area contributed by atoms with Crippen molar-refractivity contribution in [3.05, 3.63) is 90.8 Å². The average Bonchev–Trinajstić information content (AvgIpc) is 2.91. The van der Waals surface area contributed by atoms with Gasteiger partial charge in [-0.1, -0.05) is 36.4 Å². The average molecular weight is 516 g/mol. The van der Waals surface area contributed by atoms with Gasteiger partial charge in [-0.2, -0.15) is 0 Å². The van der Waals surface area contributed by atoms with Crippen LogP contribution in [0.4, 0.5) is 27.5 Å². The summed E-state index contributed by atoms with van der Waals surface area (Å²) in [4.78, 5) is 21.8. The molecule has 1 aliphatic heterocycles. The number of urea groups is 1. The molecular weight excluding hydrogens is 478 g/mol. The number of hydrogen-bond acceptors (Lipinski definition) is 6. The molecule has 1 aliphatic rings. The molecule has 8 heteroatoms. The second-order valence-corrected chi connectivity index (χ2v) is 9.78. The summed E-state index contributed by atoms with van der Waals surface area (Å²) in [6, 6.07) is 22.2. The number of nitrogens with two attached hydrogens (primary N) is 1. The van der Waals surface area contributed by atoms with E-state index >= 15 is 0 Å². The van der Waals surface area contributed by atoms with Crippen LogP contribution in [0.3, 0.4) is 0 Å². The van der Waals surface area contributed by atoms with Gasteiger partial charge >= 0.3 is 6.03 Å². The predicted molar refractivity (Wildman–Crippen MR) is 153 cm³/mol. The minimum atomic E-state index is -0.739. The maximum atomic E-state index is 14.3. The Kier molecular flexibility index (Phi) is 9.23. The highest BCUT2D eigenvalue weighted by Crippen LogP contribution is 2.33. The lowest BCUT2D eigenvalue weighted by Crippen LogP contribution is -2.48. The van der Waals surface area contributed by atoms with E-state index in [0.717, 1.165) is 24.3 Å². The van der Waals surface area contributed by atoms with Crippen molar-refractivity contribution in [1.29, 1.82) is 0 Å². The third-order valence-corrected chi connectivity index (χ3v) is 6.62. The molecule has 0 bridgehead atoms. The van der Waals surface area contributed by atoms with Crippen molar-refractivity contribution < 1.29 is 14.6 Å². The van der Waals surface area contributed by atoms with Gasteiger partial charge in [0.1, 0.15) is 0 Å². The van der Waals surface area contributed by atoms with Crippen LogP contribution < -0.4 is 15.5 Å². The molecule has 1 fully saturated rings. The SMILES string of the molecule is [CH]c1ccc(CN(CC(O)CN2CCOCC2)C(=O)N(c2ccc(N(C)C)cc2)c2ccccc2N)cc1. The Morgan fingerprint density at radius 3 is 2.26 bits per heavy atom. The Morgan fingerprint density at radius 2 is 1.63 bits per heavy atom. The minimum absolute atomic E-state index is 0.152. The van der Waals surface area contributed by atoms with Crippen molar-refractivity contribution >= 4 is 28.8 Å². The van der Waals surface area contributed by atoms with E-state index in [9.17, 15) is 9.90 Å². The summed E-state index contributed by atoms with van der Waals surface area (Å²) in [5.74, 6) is 0. The van der Waals surface area contributed by atoms with E-state index in [0.29, 0.717) is 48.9 Å². The molecule has 200 valence electrons. The van der Waals surface area contributed by atoms with Crippen LogP contribution in [-0.2, 0) is 11.3 Å². The van der Waals surface area contributed by atoms with Crippen LogP contribution >= 0.6 is 0 Å². The number of morpholine rings is 1. The molecule has 8 nitrogen and oxygen atoms in total. The topological polar surface area (TPSA) is 85.5 Å². The summed E-state index contributed by atoms with van der Waals surface area (Å²) in [5.41, 5.74) is 10.7. The summed E-state index contributed by atoms with van der Waals surface area (Å²) in [7, 11) is 3.94. The number of nitrogens with zero attached hydrogens (tertiary/aromatic N) is 4. The lowest BCUT2D eigenvalue weighted by Gasteiger charge is -2.34. The molecule has 1 saturated heterocycles. The van der Waals surface area contributed by atoms with Gasteiger partial charge in [0.15, 0.2) is 0 Å². The van der Waals surface area contributed by atoms with Gasteiger partial charge in [0.2, 0.25) is 0 Å². The van der Waals surface area contributed by atoms with E-state index < -0.39 is 6.10 Å². The van der Waals surface area contributed by atoms with Crippen molar-refractivity contribution in [1.82, 2.24) is 9.80 Å². The normalized spacial score (nSPS) is 14.6. The van der Waals surface area contributed by atoms with E-state index in [2.05, 4.69) is 4.90 Å². The van der Waals surface area contributed by atoms with Crippen molar-refractivity contribution in [3.8, 4) is 0 Å². The molecule has 2 radical (unpaired) electrons. The molecular formula is C30H37N5O3. The molecule has 0 saturated carbocycles. The zero-order valence-electron chi connectivity index (χ0n) is 22.2. The Bertz CT molecular complexity index is 1180. The Labute approximate surface area is 225 Å². The third-order valence-electron chi connectivity index (χ3n) is 6.62. The van der Waals surface area contributed by atoms with Crippen LogP contribution in [0, 0.1) is 6.92 Å². The highest BCUT2D eigenvalue weighted by atomic mass is 16.5. The van der Waals surface area contributed by atoms with Crippen LogP contribution in [-0.4, -0.2) is 80.5 Å². The zero-order chi connectivity index (χ0) is 27.1. The fourth-order valence-electron chi connectivity index (χ4n) is 4.53. The summed E-state index contributed by atoms with van der Waals surface area (Å²) in [6.45, 7) is 9.61. The molecule has 3 aromatic carbocycles. The van der Waals surface area contributed by atoms with Crippen molar-refractivity contribution in [3.63, 3.8) is 0 Å². The Morgan fingerprint density at radius 1 is 1.00 bits per heavy atom. The number of carbonyl (C=O) groups is 1.